The van der Waals surface area contributed by atoms with Crippen LogP contribution >= 0.6 is 0 Å². The maximum Gasteiger partial charge on any atom is 0.224 e. The number of nitrogens with one attached hydrogen (secondary N) is 3. The fourth-order valence-corrected chi connectivity index (χ4v) is 4.42. The van der Waals surface area contributed by atoms with Gasteiger partial charge in [0.15, 0.2) is 0 Å². The van der Waals surface area contributed by atoms with E-state index in [1.54, 1.807) is 37.8 Å². The molecule has 0 fully saturated rings. The van der Waals surface area contributed by atoms with Crippen LogP contribution in [0.5, 0.6) is 5.75 Å². The van der Waals surface area contributed by atoms with Gasteiger partial charge in [-0.25, -0.2) is 9.37 Å². The van der Waals surface area contributed by atoms with E-state index in [9.17, 15) is 9.18 Å². The zero-order valence-corrected chi connectivity index (χ0v) is 20.5. The van der Waals surface area contributed by atoms with Gasteiger partial charge in [-0.3, -0.25) is 19.9 Å². The molecule has 10 heteroatoms. The number of ether oxygens (including phenoxy) is 1. The van der Waals surface area contributed by atoms with Gasteiger partial charge in [-0.2, -0.15) is 5.10 Å². The first-order valence-electron chi connectivity index (χ1n) is 11.9. The molecule has 0 spiro atoms. The first kappa shape index (κ1) is 23.3. The summed E-state index contributed by atoms with van der Waals surface area (Å²) in [6, 6.07) is 12.2. The van der Waals surface area contributed by atoms with E-state index in [2.05, 4.69) is 35.5 Å². The molecule has 0 aliphatic heterocycles. The molecule has 5 heterocycles. The van der Waals surface area contributed by atoms with Crippen LogP contribution in [0, 0.1) is 5.82 Å². The smallest absolute Gasteiger partial charge is 0.224 e. The summed E-state index contributed by atoms with van der Waals surface area (Å²) in [7, 11) is 1.51. The summed E-state index contributed by atoms with van der Waals surface area (Å²) >= 11 is 0. The number of pyridine rings is 3. The van der Waals surface area contributed by atoms with Gasteiger partial charge in [0.1, 0.15) is 22.9 Å². The molecule has 0 atom stereocenters. The molecular formula is C28H22FN7O2. The molecule has 0 aliphatic carbocycles. The van der Waals surface area contributed by atoms with Gasteiger partial charge in [-0.05, 0) is 47.5 Å². The van der Waals surface area contributed by atoms with Crippen molar-refractivity contribution in [3.05, 3.63) is 73.1 Å². The second-order valence-electron chi connectivity index (χ2n) is 8.73. The van der Waals surface area contributed by atoms with Crippen molar-refractivity contribution in [2.45, 2.75) is 13.3 Å². The van der Waals surface area contributed by atoms with E-state index in [4.69, 9.17) is 4.74 Å². The molecule has 9 nitrogen and oxygen atoms in total. The summed E-state index contributed by atoms with van der Waals surface area (Å²) in [5.74, 6) is -0.0361. The van der Waals surface area contributed by atoms with Crippen molar-refractivity contribution in [2.75, 3.05) is 12.4 Å². The Bertz CT molecular complexity index is 1830. The molecule has 0 saturated carbocycles. The Labute approximate surface area is 216 Å². The number of amides is 1. The molecule has 5 aromatic heterocycles. The molecule has 0 unspecified atom stereocenters. The van der Waals surface area contributed by atoms with Gasteiger partial charge in [0, 0.05) is 41.2 Å². The molecule has 0 radical (unpaired) electrons. The third-order valence-corrected chi connectivity index (χ3v) is 6.29. The average molecular weight is 508 g/mol. The number of benzene rings is 1. The predicted molar refractivity (Wildman–Crippen MR) is 143 cm³/mol. The number of fused-ring (bicyclic) bond motifs is 2. The number of carbonyl (C=O) groups excluding carboxylic acids is 1. The standard InChI is InChI=1S/C28H22FN7O2/c1-3-26(37)33-18-7-16(12-30-13-18)23-11-22-25(14-32-23)35-36-27(22)24-10-21-20(4-5-31-28(21)34-24)15-6-17(29)9-19(8-15)38-2/h4-14H,3H2,1-2H3,(H,31,34)(H,33,37)(H,35,36). The van der Waals surface area contributed by atoms with Gasteiger partial charge in [-0.15, -0.1) is 0 Å². The summed E-state index contributed by atoms with van der Waals surface area (Å²) in [5.41, 5.74) is 6.38. The Morgan fingerprint density at radius 2 is 1.92 bits per heavy atom. The number of H-pyrrole nitrogens is 2. The minimum atomic E-state index is -0.383. The van der Waals surface area contributed by atoms with Crippen LogP contribution in [0.1, 0.15) is 13.3 Å². The van der Waals surface area contributed by atoms with Crippen LogP contribution in [-0.2, 0) is 4.79 Å². The Morgan fingerprint density at radius 1 is 1.03 bits per heavy atom. The number of hydrogen-bond donors (Lipinski definition) is 3. The Morgan fingerprint density at radius 3 is 2.76 bits per heavy atom. The number of carbonyl (C=O) groups is 1. The molecule has 6 rings (SSSR count). The van der Waals surface area contributed by atoms with Gasteiger partial charge < -0.3 is 15.0 Å². The average Bonchev–Trinajstić information content (AvgIpc) is 3.56. The minimum absolute atomic E-state index is 0.0899. The molecule has 1 amide bonds. The van der Waals surface area contributed by atoms with Crippen molar-refractivity contribution in [1.82, 2.24) is 30.1 Å². The van der Waals surface area contributed by atoms with Crippen molar-refractivity contribution >= 4 is 33.5 Å². The lowest BCUT2D eigenvalue weighted by Crippen LogP contribution is -2.09. The second-order valence-corrected chi connectivity index (χ2v) is 8.73. The van der Waals surface area contributed by atoms with Crippen molar-refractivity contribution in [2.24, 2.45) is 0 Å². The maximum atomic E-state index is 14.2. The highest BCUT2D eigenvalue weighted by molar-refractivity contribution is 6.00. The molecule has 0 bridgehead atoms. The van der Waals surface area contributed by atoms with Crippen molar-refractivity contribution in [3.8, 4) is 39.5 Å². The van der Waals surface area contributed by atoms with Crippen LogP contribution in [0.15, 0.2) is 67.3 Å². The van der Waals surface area contributed by atoms with Crippen molar-refractivity contribution in [3.63, 3.8) is 0 Å². The normalized spacial score (nSPS) is 11.2. The van der Waals surface area contributed by atoms with Crippen LogP contribution in [0.3, 0.4) is 0 Å². The number of halogens is 1. The largest absolute Gasteiger partial charge is 0.497 e. The molecule has 0 saturated heterocycles. The van der Waals surface area contributed by atoms with Crippen LogP contribution in [0.2, 0.25) is 0 Å². The van der Waals surface area contributed by atoms with Crippen LogP contribution < -0.4 is 10.1 Å². The fraction of sp³-hybridized carbons (Fsp3) is 0.107. The highest BCUT2D eigenvalue weighted by atomic mass is 19.1. The lowest BCUT2D eigenvalue weighted by atomic mass is 10.0. The van der Waals surface area contributed by atoms with Crippen LogP contribution in [-0.4, -0.2) is 43.2 Å². The lowest BCUT2D eigenvalue weighted by molar-refractivity contribution is -0.115. The number of methoxy groups -OCH3 is 1. The summed E-state index contributed by atoms with van der Waals surface area (Å²) in [4.78, 5) is 28.4. The van der Waals surface area contributed by atoms with E-state index in [1.165, 1.54) is 19.2 Å². The molecular weight excluding hydrogens is 485 g/mol. The van der Waals surface area contributed by atoms with Gasteiger partial charge in [-0.1, -0.05) is 6.92 Å². The number of hydrogen-bond acceptors (Lipinski definition) is 6. The molecule has 188 valence electrons. The van der Waals surface area contributed by atoms with Crippen LogP contribution in [0.4, 0.5) is 10.1 Å². The van der Waals surface area contributed by atoms with E-state index in [0.717, 1.165) is 33.1 Å². The zero-order chi connectivity index (χ0) is 26.2. The maximum absolute atomic E-state index is 14.2. The van der Waals surface area contributed by atoms with E-state index >= 15 is 0 Å². The minimum Gasteiger partial charge on any atom is -0.497 e. The Hall–Kier alpha value is -5.12. The molecule has 38 heavy (non-hydrogen) atoms. The number of aromatic amines is 2. The number of rotatable bonds is 6. The third kappa shape index (κ3) is 4.21. The molecule has 0 aliphatic rings. The topological polar surface area (TPSA) is 121 Å². The molecule has 6 aromatic rings. The zero-order valence-electron chi connectivity index (χ0n) is 20.5. The van der Waals surface area contributed by atoms with Crippen molar-refractivity contribution < 1.29 is 13.9 Å². The van der Waals surface area contributed by atoms with Gasteiger partial charge in [0.05, 0.1) is 42.1 Å². The van der Waals surface area contributed by atoms with E-state index < -0.39 is 0 Å². The van der Waals surface area contributed by atoms with Crippen molar-refractivity contribution in [1.29, 1.82) is 0 Å². The van der Waals surface area contributed by atoms with E-state index in [-0.39, 0.29) is 11.7 Å². The Balaban J connectivity index is 1.43. The summed E-state index contributed by atoms with van der Waals surface area (Å²) < 4.78 is 19.5. The molecule has 3 N–H and O–H groups in total. The second kappa shape index (κ2) is 9.40. The molecule has 1 aromatic carbocycles. The predicted octanol–water partition coefficient (Wildman–Crippen LogP) is 5.73. The monoisotopic (exact) mass is 507 g/mol. The van der Waals surface area contributed by atoms with E-state index in [0.29, 0.717) is 40.5 Å². The van der Waals surface area contributed by atoms with Gasteiger partial charge in [0.25, 0.3) is 0 Å². The SMILES string of the molecule is CCC(=O)Nc1cncc(-c2cc3c(-c4cc5c(-c6cc(F)cc(OC)c6)ccnc5[nH]4)n[nH]c3cn2)c1. The number of anilines is 1. The van der Waals surface area contributed by atoms with Gasteiger partial charge >= 0.3 is 0 Å². The highest BCUT2D eigenvalue weighted by Gasteiger charge is 2.16. The first-order valence-corrected chi connectivity index (χ1v) is 11.9. The van der Waals surface area contributed by atoms with Crippen LogP contribution in [0.25, 0.3) is 55.7 Å². The Kier molecular flexibility index (Phi) is 5.76. The number of aromatic nitrogens is 6. The summed E-state index contributed by atoms with van der Waals surface area (Å²) in [6.45, 7) is 1.79. The fourth-order valence-electron chi connectivity index (χ4n) is 4.42. The highest BCUT2D eigenvalue weighted by Crippen LogP contribution is 2.35. The van der Waals surface area contributed by atoms with E-state index in [1.807, 2.05) is 24.3 Å². The summed E-state index contributed by atoms with van der Waals surface area (Å²) in [6.07, 6.45) is 7.06. The van der Waals surface area contributed by atoms with Gasteiger partial charge in [0.2, 0.25) is 5.91 Å². The third-order valence-electron chi connectivity index (χ3n) is 6.29. The summed E-state index contributed by atoms with van der Waals surface area (Å²) in [5, 5.41) is 12.1. The number of nitrogens with zero attached hydrogens (tertiary/aromatic N) is 4. The lowest BCUT2D eigenvalue weighted by Gasteiger charge is -2.06. The first-order chi connectivity index (χ1) is 18.5. The quantitative estimate of drug-likeness (QED) is 0.265.